The van der Waals surface area contributed by atoms with Crippen molar-refractivity contribution in [2.75, 3.05) is 6.61 Å². The normalized spacial score (nSPS) is 40.5. The fraction of sp³-hybridized carbons (Fsp3) is 0.857. The van der Waals surface area contributed by atoms with Gasteiger partial charge in [-0.3, -0.25) is 0 Å². The van der Waals surface area contributed by atoms with Crippen LogP contribution in [-0.2, 0) is 9.47 Å². The van der Waals surface area contributed by atoms with Gasteiger partial charge < -0.3 is 24.8 Å². The maximum Gasteiger partial charge on any atom is 0.509 e. The van der Waals surface area contributed by atoms with E-state index in [9.17, 15) is 15.0 Å². The lowest BCUT2D eigenvalue weighted by Crippen LogP contribution is -2.43. The summed E-state index contributed by atoms with van der Waals surface area (Å²) in [6, 6.07) is 0. The first-order valence-corrected chi connectivity index (χ1v) is 3.90. The van der Waals surface area contributed by atoms with E-state index in [2.05, 4.69) is 9.47 Å². The molecule has 1 aliphatic rings. The number of carbonyl (C=O) groups is 1. The van der Waals surface area contributed by atoms with Crippen LogP contribution in [0, 0.1) is 0 Å². The zero-order valence-electron chi connectivity index (χ0n) is 7.08. The number of hydrogen-bond acceptors (Lipinski definition) is 6. The molecule has 0 radical (unpaired) electrons. The molecule has 6 nitrogen and oxygen atoms in total. The topological polar surface area (TPSA) is 96.2 Å². The first-order chi connectivity index (χ1) is 6.06. The Kier molecular flexibility index (Phi) is 3.07. The Morgan fingerprint density at radius 2 is 1.92 bits per heavy atom. The molecule has 13 heavy (non-hydrogen) atoms. The van der Waals surface area contributed by atoms with Gasteiger partial charge in [0.05, 0.1) is 6.61 Å². The summed E-state index contributed by atoms with van der Waals surface area (Å²) in [6.07, 6.45) is -5.55. The number of hydrogen-bond donors (Lipinski definition) is 3. The van der Waals surface area contributed by atoms with Crippen molar-refractivity contribution >= 4 is 6.16 Å². The Hall–Kier alpha value is -0.850. The van der Waals surface area contributed by atoms with Crippen LogP contribution in [0.5, 0.6) is 0 Å². The zero-order chi connectivity index (χ0) is 10.0. The molecule has 0 amide bonds. The molecule has 1 fully saturated rings. The summed E-state index contributed by atoms with van der Waals surface area (Å²) in [6.45, 7) is 0.870. The fourth-order valence-electron chi connectivity index (χ4n) is 1.09. The van der Waals surface area contributed by atoms with Crippen molar-refractivity contribution in [1.82, 2.24) is 0 Å². The number of aliphatic hydroxyl groups is 3. The fourth-order valence-corrected chi connectivity index (χ4v) is 1.09. The average molecular weight is 192 g/mol. The largest absolute Gasteiger partial charge is 0.509 e. The van der Waals surface area contributed by atoms with Crippen molar-refractivity contribution in [3.05, 3.63) is 0 Å². The second-order valence-electron chi connectivity index (χ2n) is 2.89. The molecule has 1 saturated heterocycles. The van der Waals surface area contributed by atoms with Gasteiger partial charge in [-0.15, -0.1) is 0 Å². The summed E-state index contributed by atoms with van der Waals surface area (Å²) in [5.41, 5.74) is 0. The van der Waals surface area contributed by atoms with Crippen LogP contribution in [0.3, 0.4) is 0 Å². The Morgan fingerprint density at radius 3 is 2.46 bits per heavy atom. The molecule has 6 heteroatoms. The molecule has 1 aliphatic heterocycles. The van der Waals surface area contributed by atoms with Gasteiger partial charge in [0, 0.05) is 0 Å². The summed E-state index contributed by atoms with van der Waals surface area (Å²) in [4.78, 5) is 10.8. The summed E-state index contributed by atoms with van der Waals surface area (Å²) in [5.74, 6) is 0. The third-order valence-corrected chi connectivity index (χ3v) is 1.92. The van der Waals surface area contributed by atoms with Crippen LogP contribution in [-0.4, -0.2) is 52.5 Å². The quantitative estimate of drug-likeness (QED) is 0.443. The van der Waals surface area contributed by atoms with Gasteiger partial charge in [-0.2, -0.15) is 0 Å². The molecule has 0 saturated carbocycles. The zero-order valence-corrected chi connectivity index (χ0v) is 7.08. The lowest BCUT2D eigenvalue weighted by atomic mass is 10.1. The van der Waals surface area contributed by atoms with Crippen molar-refractivity contribution in [1.29, 1.82) is 0 Å². The van der Waals surface area contributed by atoms with Crippen LogP contribution >= 0.6 is 0 Å². The van der Waals surface area contributed by atoms with Gasteiger partial charge in [0.1, 0.15) is 18.3 Å². The first-order valence-electron chi connectivity index (χ1n) is 3.90. The Morgan fingerprint density at radius 1 is 1.31 bits per heavy atom. The molecule has 3 N–H and O–H groups in total. The van der Waals surface area contributed by atoms with Crippen LogP contribution in [0.2, 0.25) is 0 Å². The van der Waals surface area contributed by atoms with Crippen molar-refractivity contribution in [3.8, 4) is 0 Å². The predicted octanol–water partition coefficient (Wildman–Crippen LogP) is -1.38. The Balaban J connectivity index is 2.75. The van der Waals surface area contributed by atoms with Crippen LogP contribution in [0.1, 0.15) is 6.92 Å². The van der Waals surface area contributed by atoms with Gasteiger partial charge in [-0.05, 0) is 6.92 Å². The number of ether oxygens (including phenoxy) is 2. The highest BCUT2D eigenvalue weighted by Crippen LogP contribution is 2.16. The maximum atomic E-state index is 10.8. The summed E-state index contributed by atoms with van der Waals surface area (Å²) < 4.78 is 9.04. The second-order valence-corrected chi connectivity index (χ2v) is 2.89. The van der Waals surface area contributed by atoms with E-state index < -0.39 is 37.2 Å². The smallest absolute Gasteiger partial charge is 0.428 e. The molecule has 4 atom stereocenters. The standard InChI is InChI=1S/C7H12O6/c1-3-5(9)6(10)4(2-8)13-7(11)12-3/h3-6,8-10H,2H2,1H3. The first kappa shape index (κ1) is 10.2. The van der Waals surface area contributed by atoms with Gasteiger partial charge in [0.25, 0.3) is 0 Å². The molecule has 1 heterocycles. The SMILES string of the molecule is CC1OC(=O)OC(CO)C(O)C1O. The van der Waals surface area contributed by atoms with E-state index in [1.54, 1.807) is 0 Å². The molecule has 0 bridgehead atoms. The average Bonchev–Trinajstić information content (AvgIpc) is 2.18. The minimum Gasteiger partial charge on any atom is -0.428 e. The van der Waals surface area contributed by atoms with Gasteiger partial charge in [0.15, 0.2) is 6.10 Å². The highest BCUT2D eigenvalue weighted by atomic mass is 16.7. The molecular weight excluding hydrogens is 180 g/mol. The monoisotopic (exact) mass is 192 g/mol. The van der Waals surface area contributed by atoms with E-state index in [1.165, 1.54) is 6.92 Å². The molecule has 4 unspecified atom stereocenters. The number of aliphatic hydroxyl groups excluding tert-OH is 3. The van der Waals surface area contributed by atoms with Crippen LogP contribution < -0.4 is 0 Å². The lowest BCUT2D eigenvalue weighted by molar-refractivity contribution is -0.0749. The minimum atomic E-state index is -1.33. The molecule has 0 aromatic rings. The summed E-state index contributed by atoms with van der Waals surface area (Å²) >= 11 is 0. The minimum absolute atomic E-state index is 0.556. The highest BCUT2D eigenvalue weighted by molar-refractivity contribution is 5.61. The molecular formula is C7H12O6. The van der Waals surface area contributed by atoms with E-state index in [0.29, 0.717) is 0 Å². The van der Waals surface area contributed by atoms with Crippen molar-refractivity contribution in [2.24, 2.45) is 0 Å². The molecule has 0 spiro atoms. The van der Waals surface area contributed by atoms with E-state index in [4.69, 9.17) is 5.11 Å². The Bertz CT molecular complexity index is 193. The van der Waals surface area contributed by atoms with Crippen molar-refractivity contribution in [2.45, 2.75) is 31.3 Å². The molecule has 1 rings (SSSR count). The van der Waals surface area contributed by atoms with Gasteiger partial charge >= 0.3 is 6.16 Å². The van der Waals surface area contributed by atoms with E-state index >= 15 is 0 Å². The molecule has 0 aromatic carbocycles. The molecule has 76 valence electrons. The lowest BCUT2D eigenvalue weighted by Gasteiger charge is -2.21. The third kappa shape index (κ3) is 2.09. The second kappa shape index (κ2) is 3.91. The molecule has 0 aliphatic carbocycles. The van der Waals surface area contributed by atoms with E-state index in [-0.39, 0.29) is 0 Å². The van der Waals surface area contributed by atoms with Gasteiger partial charge in [0.2, 0.25) is 0 Å². The predicted molar refractivity (Wildman–Crippen MR) is 39.9 cm³/mol. The van der Waals surface area contributed by atoms with E-state index in [1.807, 2.05) is 0 Å². The van der Waals surface area contributed by atoms with E-state index in [0.717, 1.165) is 0 Å². The van der Waals surface area contributed by atoms with Crippen molar-refractivity contribution in [3.63, 3.8) is 0 Å². The Labute approximate surface area is 74.7 Å². The van der Waals surface area contributed by atoms with Crippen molar-refractivity contribution < 1.29 is 29.6 Å². The van der Waals surface area contributed by atoms with Crippen LogP contribution in [0.25, 0.3) is 0 Å². The van der Waals surface area contributed by atoms with Gasteiger partial charge in [-0.25, -0.2) is 4.79 Å². The van der Waals surface area contributed by atoms with Gasteiger partial charge in [-0.1, -0.05) is 0 Å². The van der Waals surface area contributed by atoms with Crippen LogP contribution in [0.4, 0.5) is 4.79 Å². The number of rotatable bonds is 1. The highest BCUT2D eigenvalue weighted by Gasteiger charge is 2.38. The number of carbonyl (C=O) groups excluding carboxylic acids is 1. The summed E-state index contributed by atoms with van der Waals surface area (Å²) in [7, 11) is 0. The third-order valence-electron chi connectivity index (χ3n) is 1.92. The number of cyclic esters (lactones) is 2. The maximum absolute atomic E-state index is 10.8. The molecule has 0 aromatic heterocycles. The van der Waals surface area contributed by atoms with Crippen LogP contribution in [0.15, 0.2) is 0 Å². The summed E-state index contributed by atoms with van der Waals surface area (Å²) in [5, 5.41) is 27.4.